The molecule has 33 heavy (non-hydrogen) atoms. The van der Waals surface area contributed by atoms with Crippen molar-refractivity contribution in [2.24, 2.45) is 0 Å². The van der Waals surface area contributed by atoms with Crippen molar-refractivity contribution in [1.29, 1.82) is 0 Å². The summed E-state index contributed by atoms with van der Waals surface area (Å²) in [6.07, 6.45) is -0.0578. The number of hydrogen-bond donors (Lipinski definition) is 3. The maximum atomic E-state index is 14.1. The van der Waals surface area contributed by atoms with Gasteiger partial charge in [0.2, 0.25) is 5.95 Å². The van der Waals surface area contributed by atoms with Gasteiger partial charge in [-0.2, -0.15) is 18.3 Å². The number of anilines is 1. The van der Waals surface area contributed by atoms with Crippen molar-refractivity contribution >= 4 is 45.3 Å². The third-order valence-electron chi connectivity index (χ3n) is 4.88. The van der Waals surface area contributed by atoms with Crippen molar-refractivity contribution < 1.29 is 18.0 Å². The predicted octanol–water partition coefficient (Wildman–Crippen LogP) is 3.91. The highest BCUT2D eigenvalue weighted by atomic mass is 35.5. The molecule has 3 N–H and O–H groups in total. The Morgan fingerprint density at radius 3 is 2.70 bits per heavy atom. The number of hydrogen-bond acceptors (Lipinski definition) is 5. The number of H-pyrrole nitrogens is 2. The summed E-state index contributed by atoms with van der Waals surface area (Å²) in [7, 11) is 0. The van der Waals surface area contributed by atoms with E-state index in [1.54, 1.807) is 0 Å². The van der Waals surface area contributed by atoms with Gasteiger partial charge >= 0.3 is 6.18 Å². The molecule has 0 spiro atoms. The fourth-order valence-electron chi connectivity index (χ4n) is 3.49. The molecule has 1 aromatic carbocycles. The summed E-state index contributed by atoms with van der Waals surface area (Å²) in [5.41, 5.74) is -1.81. The van der Waals surface area contributed by atoms with Gasteiger partial charge in [0.25, 0.3) is 11.5 Å². The van der Waals surface area contributed by atoms with Gasteiger partial charge in [-0.25, -0.2) is 9.67 Å². The van der Waals surface area contributed by atoms with E-state index in [0.717, 1.165) is 6.20 Å². The van der Waals surface area contributed by atoms with Crippen molar-refractivity contribution in [1.82, 2.24) is 29.7 Å². The monoisotopic (exact) mass is 473 g/mol. The summed E-state index contributed by atoms with van der Waals surface area (Å²) >= 11 is 5.99. The molecule has 4 aromatic heterocycles. The zero-order valence-electron chi connectivity index (χ0n) is 16.2. The number of halogens is 4. The standard InChI is InChI=1S/C20H11ClF3N7O2/c21-12-7-25-8-13-15(12)29-19(28-13)30-18(33)11-6-27-31(16(11)20(22,23)24)14-3-1-2-10-9(14)4-5-26-17(10)32/h1-8H,(H,26,32)(H2,28,29,30,33). The third kappa shape index (κ3) is 3.49. The van der Waals surface area contributed by atoms with Crippen LogP contribution in [0.3, 0.4) is 0 Å². The van der Waals surface area contributed by atoms with Crippen LogP contribution in [-0.2, 0) is 6.18 Å². The van der Waals surface area contributed by atoms with E-state index in [0.29, 0.717) is 15.7 Å². The molecule has 0 aliphatic heterocycles. The van der Waals surface area contributed by atoms with Crippen LogP contribution in [0.4, 0.5) is 19.1 Å². The summed E-state index contributed by atoms with van der Waals surface area (Å²) in [4.78, 5) is 38.0. The summed E-state index contributed by atoms with van der Waals surface area (Å²) in [5.74, 6) is -1.20. The van der Waals surface area contributed by atoms with Gasteiger partial charge in [0.1, 0.15) is 5.52 Å². The first-order valence-electron chi connectivity index (χ1n) is 9.30. The fourth-order valence-corrected chi connectivity index (χ4v) is 3.69. The van der Waals surface area contributed by atoms with E-state index in [1.165, 1.54) is 42.9 Å². The quantitative estimate of drug-likeness (QED) is 0.367. The zero-order valence-corrected chi connectivity index (χ0v) is 17.0. The number of carbonyl (C=O) groups excluding carboxylic acids is 1. The summed E-state index contributed by atoms with van der Waals surface area (Å²) in [6.45, 7) is 0. The second-order valence-corrected chi connectivity index (χ2v) is 7.33. The Balaban J connectivity index is 1.61. The minimum atomic E-state index is -4.94. The summed E-state index contributed by atoms with van der Waals surface area (Å²) in [5, 5.41) is 6.73. The van der Waals surface area contributed by atoms with E-state index in [1.807, 2.05) is 0 Å². The van der Waals surface area contributed by atoms with Gasteiger partial charge in [-0.3, -0.25) is 19.9 Å². The first-order chi connectivity index (χ1) is 15.7. The minimum Gasteiger partial charge on any atom is -0.329 e. The molecule has 1 amide bonds. The molecule has 0 aliphatic carbocycles. The number of carbonyl (C=O) groups is 1. The smallest absolute Gasteiger partial charge is 0.329 e. The first kappa shape index (κ1) is 20.7. The lowest BCUT2D eigenvalue weighted by Crippen LogP contribution is -2.21. The molecule has 0 radical (unpaired) electrons. The van der Waals surface area contributed by atoms with Crippen LogP contribution in [0.5, 0.6) is 0 Å². The lowest BCUT2D eigenvalue weighted by molar-refractivity contribution is -0.143. The number of fused-ring (bicyclic) bond motifs is 2. The number of amides is 1. The molecule has 9 nitrogen and oxygen atoms in total. The summed E-state index contributed by atoms with van der Waals surface area (Å²) < 4.78 is 42.8. The number of rotatable bonds is 3. The molecule has 0 saturated heterocycles. The van der Waals surface area contributed by atoms with Crippen LogP contribution in [0.15, 0.2) is 53.8 Å². The number of alkyl halides is 3. The Hall–Kier alpha value is -4.19. The van der Waals surface area contributed by atoms with Gasteiger partial charge in [0.15, 0.2) is 5.69 Å². The largest absolute Gasteiger partial charge is 0.434 e. The average molecular weight is 474 g/mol. The van der Waals surface area contributed by atoms with Crippen molar-refractivity contribution in [2.75, 3.05) is 5.32 Å². The van der Waals surface area contributed by atoms with Crippen LogP contribution in [0.25, 0.3) is 27.5 Å². The minimum absolute atomic E-state index is 0.00781. The lowest BCUT2D eigenvalue weighted by atomic mass is 10.1. The van der Waals surface area contributed by atoms with Crippen LogP contribution < -0.4 is 10.9 Å². The highest BCUT2D eigenvalue weighted by molar-refractivity contribution is 6.34. The van der Waals surface area contributed by atoms with Crippen LogP contribution in [-0.4, -0.2) is 35.6 Å². The van der Waals surface area contributed by atoms with Crippen LogP contribution >= 0.6 is 11.6 Å². The second kappa shape index (κ2) is 7.45. The zero-order chi connectivity index (χ0) is 23.3. The molecule has 4 heterocycles. The van der Waals surface area contributed by atoms with Crippen LogP contribution in [0, 0.1) is 0 Å². The molecule has 0 aliphatic rings. The van der Waals surface area contributed by atoms with E-state index in [-0.39, 0.29) is 27.4 Å². The van der Waals surface area contributed by atoms with E-state index in [4.69, 9.17) is 11.6 Å². The molecule has 0 fully saturated rings. The van der Waals surface area contributed by atoms with Crippen LogP contribution in [0.1, 0.15) is 16.1 Å². The fraction of sp³-hybridized carbons (Fsp3) is 0.0500. The number of nitrogens with zero attached hydrogens (tertiary/aromatic N) is 4. The van der Waals surface area contributed by atoms with Crippen molar-refractivity contribution in [3.8, 4) is 5.69 Å². The molecule has 13 heteroatoms. The Morgan fingerprint density at radius 1 is 1.12 bits per heavy atom. The Morgan fingerprint density at radius 2 is 1.94 bits per heavy atom. The summed E-state index contributed by atoms with van der Waals surface area (Å²) in [6, 6.07) is 5.74. The number of pyridine rings is 2. The van der Waals surface area contributed by atoms with E-state index in [9.17, 15) is 22.8 Å². The predicted molar refractivity (Wildman–Crippen MR) is 114 cm³/mol. The average Bonchev–Trinajstić information content (AvgIpc) is 3.39. The van der Waals surface area contributed by atoms with Gasteiger partial charge < -0.3 is 9.97 Å². The number of aromatic nitrogens is 6. The van der Waals surface area contributed by atoms with E-state index < -0.39 is 28.9 Å². The normalized spacial score (nSPS) is 11.9. The number of imidazole rings is 1. The third-order valence-corrected chi connectivity index (χ3v) is 5.16. The molecule has 166 valence electrons. The van der Waals surface area contributed by atoms with Gasteiger partial charge in [-0.05, 0) is 18.2 Å². The molecular weight excluding hydrogens is 463 g/mol. The SMILES string of the molecule is O=C(Nc1nc2c(Cl)cncc2[nH]1)c1cnn(-c2cccc3c(=O)[nH]ccc23)c1C(F)(F)F. The molecule has 0 bridgehead atoms. The Kier molecular flexibility index (Phi) is 4.67. The number of nitrogens with one attached hydrogen (secondary N) is 3. The van der Waals surface area contributed by atoms with E-state index >= 15 is 0 Å². The second-order valence-electron chi connectivity index (χ2n) is 6.92. The van der Waals surface area contributed by atoms with E-state index in [2.05, 4.69) is 30.4 Å². The number of benzene rings is 1. The van der Waals surface area contributed by atoms with Crippen molar-refractivity contribution in [3.05, 3.63) is 75.7 Å². The molecule has 0 unspecified atom stereocenters. The van der Waals surface area contributed by atoms with Gasteiger partial charge in [-0.15, -0.1) is 0 Å². The van der Waals surface area contributed by atoms with Gasteiger partial charge in [-0.1, -0.05) is 17.7 Å². The lowest BCUT2D eigenvalue weighted by Gasteiger charge is -2.14. The van der Waals surface area contributed by atoms with Crippen molar-refractivity contribution in [3.63, 3.8) is 0 Å². The molecule has 0 atom stereocenters. The first-order valence-corrected chi connectivity index (χ1v) is 9.68. The number of aromatic amines is 2. The topological polar surface area (TPSA) is 121 Å². The molecular formula is C20H11ClF3N7O2. The molecule has 5 rings (SSSR count). The van der Waals surface area contributed by atoms with Gasteiger partial charge in [0.05, 0.1) is 34.2 Å². The molecule has 5 aromatic rings. The maximum Gasteiger partial charge on any atom is 0.434 e. The van der Waals surface area contributed by atoms with Gasteiger partial charge in [0, 0.05) is 23.2 Å². The maximum absolute atomic E-state index is 14.1. The highest BCUT2D eigenvalue weighted by Gasteiger charge is 2.41. The van der Waals surface area contributed by atoms with Crippen molar-refractivity contribution in [2.45, 2.75) is 6.18 Å². The highest BCUT2D eigenvalue weighted by Crippen LogP contribution is 2.35. The van der Waals surface area contributed by atoms with Crippen LogP contribution in [0.2, 0.25) is 5.02 Å². The Labute approximate surface area is 186 Å². The Bertz CT molecular complexity index is 1600. The molecule has 0 saturated carbocycles.